The van der Waals surface area contributed by atoms with E-state index in [0.717, 1.165) is 47.6 Å². The van der Waals surface area contributed by atoms with Gasteiger partial charge in [0.2, 0.25) is 0 Å². The van der Waals surface area contributed by atoms with Crippen molar-refractivity contribution in [2.75, 3.05) is 18.8 Å². The summed E-state index contributed by atoms with van der Waals surface area (Å²) in [5, 5.41) is 4.48. The van der Waals surface area contributed by atoms with Crippen molar-refractivity contribution in [1.29, 1.82) is 0 Å². The van der Waals surface area contributed by atoms with Gasteiger partial charge in [-0.05, 0) is 31.8 Å². The average molecular weight is 361 g/mol. The Balaban J connectivity index is 0.00000176. The zero-order chi connectivity index (χ0) is 15.0. The van der Waals surface area contributed by atoms with E-state index in [9.17, 15) is 4.79 Å². The van der Waals surface area contributed by atoms with Crippen molar-refractivity contribution in [3.63, 3.8) is 0 Å². The van der Waals surface area contributed by atoms with Crippen LogP contribution in [0.4, 0.5) is 5.82 Å². The molecule has 0 unspecified atom stereocenters. The summed E-state index contributed by atoms with van der Waals surface area (Å²) in [7, 11) is 3.49. The Morgan fingerprint density at radius 3 is 2.68 bits per heavy atom. The van der Waals surface area contributed by atoms with E-state index in [0.29, 0.717) is 4.64 Å². The maximum atomic E-state index is 12.0. The normalized spacial score (nSPS) is 17.8. The molecule has 2 aliphatic heterocycles. The van der Waals surface area contributed by atoms with Gasteiger partial charge in [-0.3, -0.25) is 9.13 Å². The number of aromatic nitrogens is 2. The van der Waals surface area contributed by atoms with Gasteiger partial charge in [-0.1, -0.05) is 12.2 Å². The lowest BCUT2D eigenvalue weighted by Crippen LogP contribution is -2.29. The van der Waals surface area contributed by atoms with Gasteiger partial charge in [0, 0.05) is 31.8 Å². The fraction of sp³-hybridized carbons (Fsp3) is 0.643. The molecule has 0 saturated carbocycles. The molecule has 3 heterocycles. The fourth-order valence-electron chi connectivity index (χ4n) is 2.85. The lowest BCUT2D eigenvalue weighted by atomic mass is 10.0. The number of hydrogen-bond acceptors (Lipinski definition) is 5. The second-order valence-electron chi connectivity index (χ2n) is 5.69. The van der Waals surface area contributed by atoms with Crippen molar-refractivity contribution >= 4 is 47.2 Å². The second-order valence-corrected chi connectivity index (χ2v) is 7.17. The molecule has 1 aromatic heterocycles. The van der Waals surface area contributed by atoms with Crippen LogP contribution in [0.15, 0.2) is 9.79 Å². The van der Waals surface area contributed by atoms with E-state index in [2.05, 4.69) is 10.3 Å². The molecule has 0 atom stereocenters. The lowest BCUT2D eigenvalue weighted by molar-refractivity contribution is 0.408. The highest BCUT2D eigenvalue weighted by Gasteiger charge is 2.22. The standard InChI is InChI=1S/C14H20N4OS2.ClH/c1-17-12-10(13(20)18(2)14(17)19)7-11(16-12)21-8-9-3-5-15-6-4-9;/h9,15H,3-8H2,1-2H3;1H. The molecule has 1 aromatic rings. The zero-order valence-corrected chi connectivity index (χ0v) is 15.2. The Morgan fingerprint density at radius 2 is 2.00 bits per heavy atom. The summed E-state index contributed by atoms with van der Waals surface area (Å²) in [6.45, 7) is 2.25. The monoisotopic (exact) mass is 360 g/mol. The first-order valence-corrected chi connectivity index (χ1v) is 8.67. The van der Waals surface area contributed by atoms with Crippen LogP contribution in [0.3, 0.4) is 0 Å². The van der Waals surface area contributed by atoms with Crippen LogP contribution in [0, 0.1) is 10.6 Å². The van der Waals surface area contributed by atoms with E-state index >= 15 is 0 Å². The smallest absolute Gasteiger partial charge is 0.317 e. The molecule has 122 valence electrons. The van der Waals surface area contributed by atoms with Crippen LogP contribution in [-0.2, 0) is 20.5 Å². The summed E-state index contributed by atoms with van der Waals surface area (Å²) >= 11 is 7.22. The maximum Gasteiger partial charge on any atom is 0.330 e. The SMILES string of the molecule is Cl.Cn1c2c(c(=S)n(C)c1=O)CC(SCC1CCNCC1)=N2. The molecule has 3 rings (SSSR count). The quantitative estimate of drug-likeness (QED) is 0.821. The zero-order valence-electron chi connectivity index (χ0n) is 12.8. The first kappa shape index (κ1) is 17.7. The third-order valence-corrected chi connectivity index (χ3v) is 5.95. The van der Waals surface area contributed by atoms with Gasteiger partial charge >= 0.3 is 5.69 Å². The number of thioether (sulfide) groups is 1. The van der Waals surface area contributed by atoms with Crippen molar-refractivity contribution in [2.45, 2.75) is 19.3 Å². The topological polar surface area (TPSA) is 51.3 Å². The number of nitrogens with zero attached hydrogens (tertiary/aromatic N) is 3. The lowest BCUT2D eigenvalue weighted by Gasteiger charge is -2.21. The summed E-state index contributed by atoms with van der Waals surface area (Å²) < 4.78 is 3.75. The molecule has 8 heteroatoms. The number of piperidine rings is 1. The van der Waals surface area contributed by atoms with Crippen LogP contribution in [-0.4, -0.2) is 33.0 Å². The molecule has 1 saturated heterocycles. The predicted molar refractivity (Wildman–Crippen MR) is 97.6 cm³/mol. The van der Waals surface area contributed by atoms with E-state index in [1.807, 2.05) is 11.8 Å². The Hall–Kier alpha value is -0.630. The number of halogens is 1. The maximum absolute atomic E-state index is 12.0. The van der Waals surface area contributed by atoms with Gasteiger partial charge in [-0.15, -0.1) is 24.2 Å². The van der Waals surface area contributed by atoms with Gasteiger partial charge in [0.1, 0.15) is 10.5 Å². The molecule has 0 aliphatic carbocycles. The Morgan fingerprint density at radius 1 is 1.32 bits per heavy atom. The fourth-order valence-corrected chi connectivity index (χ4v) is 4.26. The minimum atomic E-state index is -0.105. The Bertz CT molecular complexity index is 704. The van der Waals surface area contributed by atoms with Crippen LogP contribution in [0.5, 0.6) is 0 Å². The van der Waals surface area contributed by atoms with E-state index in [-0.39, 0.29) is 18.1 Å². The van der Waals surface area contributed by atoms with Crippen molar-refractivity contribution in [3.8, 4) is 0 Å². The molecule has 5 nitrogen and oxygen atoms in total. The molecule has 0 amide bonds. The molecular formula is C14H21ClN4OS2. The summed E-state index contributed by atoms with van der Waals surface area (Å²) in [4.78, 5) is 16.7. The van der Waals surface area contributed by atoms with Crippen LogP contribution in [0.25, 0.3) is 0 Å². The third kappa shape index (κ3) is 3.32. The van der Waals surface area contributed by atoms with Crippen molar-refractivity contribution in [3.05, 3.63) is 20.7 Å². The number of aliphatic imine (C=N–C) groups is 1. The van der Waals surface area contributed by atoms with Gasteiger partial charge in [0.15, 0.2) is 0 Å². The highest BCUT2D eigenvalue weighted by molar-refractivity contribution is 8.14. The van der Waals surface area contributed by atoms with Gasteiger partial charge < -0.3 is 5.32 Å². The van der Waals surface area contributed by atoms with Gasteiger partial charge in [-0.2, -0.15) is 0 Å². The van der Waals surface area contributed by atoms with Crippen LogP contribution in [0.2, 0.25) is 0 Å². The van der Waals surface area contributed by atoms with Crippen LogP contribution < -0.4 is 11.0 Å². The Kier molecular flexibility index (Phi) is 5.87. The summed E-state index contributed by atoms with van der Waals surface area (Å²) in [6, 6.07) is 0. The first-order valence-electron chi connectivity index (χ1n) is 7.28. The minimum absolute atomic E-state index is 0. The molecule has 1 N–H and O–H groups in total. The minimum Gasteiger partial charge on any atom is -0.317 e. The van der Waals surface area contributed by atoms with Crippen LogP contribution >= 0.6 is 36.4 Å². The van der Waals surface area contributed by atoms with Gasteiger partial charge in [0.25, 0.3) is 0 Å². The van der Waals surface area contributed by atoms with E-state index in [1.165, 1.54) is 17.4 Å². The molecule has 1 fully saturated rings. The molecule has 0 aromatic carbocycles. The van der Waals surface area contributed by atoms with Gasteiger partial charge in [-0.25, -0.2) is 9.79 Å². The van der Waals surface area contributed by atoms with E-state index < -0.39 is 0 Å². The van der Waals surface area contributed by atoms with Crippen molar-refractivity contribution in [2.24, 2.45) is 25.0 Å². The summed E-state index contributed by atoms with van der Waals surface area (Å²) in [5.41, 5.74) is 0.912. The molecule has 0 radical (unpaired) electrons. The second kappa shape index (κ2) is 7.29. The highest BCUT2D eigenvalue weighted by atomic mass is 35.5. The summed E-state index contributed by atoms with van der Waals surface area (Å²) in [5.74, 6) is 2.63. The largest absolute Gasteiger partial charge is 0.330 e. The molecule has 2 aliphatic rings. The number of hydrogen-bond donors (Lipinski definition) is 1. The third-order valence-electron chi connectivity index (χ3n) is 4.23. The first-order chi connectivity index (χ1) is 10.1. The van der Waals surface area contributed by atoms with Crippen molar-refractivity contribution in [1.82, 2.24) is 14.5 Å². The molecule has 22 heavy (non-hydrogen) atoms. The van der Waals surface area contributed by atoms with Gasteiger partial charge in [0.05, 0.1) is 5.04 Å². The van der Waals surface area contributed by atoms with E-state index in [4.69, 9.17) is 12.2 Å². The summed E-state index contributed by atoms with van der Waals surface area (Å²) in [6.07, 6.45) is 3.26. The number of rotatable bonds is 2. The molecule has 0 bridgehead atoms. The number of nitrogens with one attached hydrogen (secondary N) is 1. The van der Waals surface area contributed by atoms with E-state index in [1.54, 1.807) is 18.7 Å². The van der Waals surface area contributed by atoms with Crippen molar-refractivity contribution < 1.29 is 0 Å². The molecular weight excluding hydrogens is 340 g/mol. The number of fused-ring (bicyclic) bond motifs is 1. The molecule has 0 spiro atoms. The predicted octanol–water partition coefficient (Wildman–Crippen LogP) is 2.19. The van der Waals surface area contributed by atoms with Crippen LogP contribution in [0.1, 0.15) is 18.4 Å². The highest BCUT2D eigenvalue weighted by Crippen LogP contribution is 2.31. The average Bonchev–Trinajstić information content (AvgIpc) is 2.94. The Labute approximate surface area is 145 Å².